The number of hydrogen-bond acceptors (Lipinski definition) is 5. The van der Waals surface area contributed by atoms with Crippen LogP contribution in [0.1, 0.15) is 65.4 Å². The molecule has 0 radical (unpaired) electrons. The normalized spacial score (nSPS) is 18.9. The minimum atomic E-state index is -0.561. The van der Waals surface area contributed by atoms with E-state index in [-0.39, 0.29) is 6.54 Å². The Morgan fingerprint density at radius 2 is 1.64 bits per heavy atom. The Morgan fingerprint density at radius 3 is 2.11 bits per heavy atom. The number of alkyl carbamates (subject to hydrolysis) is 1. The predicted molar refractivity (Wildman–Crippen MR) is 112 cm³/mol. The van der Waals surface area contributed by atoms with Gasteiger partial charge in [-0.3, -0.25) is 4.98 Å². The van der Waals surface area contributed by atoms with Crippen molar-refractivity contribution in [3.8, 4) is 0 Å². The van der Waals surface area contributed by atoms with Gasteiger partial charge in [0, 0.05) is 17.9 Å². The van der Waals surface area contributed by atoms with E-state index in [1.807, 2.05) is 80.5 Å². The smallest absolute Gasteiger partial charge is 0.444 e. The van der Waals surface area contributed by atoms with Gasteiger partial charge in [-0.15, -0.1) is 0 Å². The van der Waals surface area contributed by atoms with E-state index in [9.17, 15) is 4.79 Å². The molecule has 1 aliphatic heterocycles. The highest BCUT2D eigenvalue weighted by Gasteiger charge is 2.52. The van der Waals surface area contributed by atoms with E-state index in [1.54, 1.807) is 0 Å². The fraction of sp³-hybridized carbons (Fsp3) is 0.619. The maximum absolute atomic E-state index is 12.1. The first-order chi connectivity index (χ1) is 12.7. The summed E-state index contributed by atoms with van der Waals surface area (Å²) in [5.74, 6) is 0. The summed E-state index contributed by atoms with van der Waals surface area (Å²) in [4.78, 5) is 16.6. The number of amides is 1. The summed E-state index contributed by atoms with van der Waals surface area (Å²) < 4.78 is 17.7. The molecule has 1 saturated heterocycles. The van der Waals surface area contributed by atoms with Crippen molar-refractivity contribution < 1.29 is 18.8 Å². The molecule has 1 fully saturated rings. The molecule has 2 heterocycles. The van der Waals surface area contributed by atoms with E-state index < -0.39 is 30.0 Å². The van der Waals surface area contributed by atoms with Crippen molar-refractivity contribution in [3.05, 3.63) is 34.6 Å². The Kier molecular flexibility index (Phi) is 6.31. The second kappa shape index (κ2) is 7.87. The van der Waals surface area contributed by atoms with E-state index >= 15 is 0 Å². The number of aryl methyl sites for hydroxylation is 2. The van der Waals surface area contributed by atoms with Gasteiger partial charge in [0.2, 0.25) is 0 Å². The molecule has 1 aliphatic rings. The Hall–Kier alpha value is -1.86. The van der Waals surface area contributed by atoms with Crippen molar-refractivity contribution in [2.24, 2.45) is 0 Å². The number of nitrogens with zero attached hydrogens (tertiary/aromatic N) is 1. The summed E-state index contributed by atoms with van der Waals surface area (Å²) in [5, 5.41) is 2.82. The van der Waals surface area contributed by atoms with Crippen molar-refractivity contribution >= 4 is 19.3 Å². The van der Waals surface area contributed by atoms with Crippen LogP contribution in [0, 0.1) is 13.8 Å². The summed E-state index contributed by atoms with van der Waals surface area (Å²) in [6.07, 6.45) is 1.51. The standard InChI is InChI=1S/C21H33BN2O4/c1-14-10-16(11-15(2)24-14)12-17(13-23-18(25)26-19(3,4)5)22-27-20(6,7)21(8,9)28-22/h10-12H,13H2,1-9H3,(H,23,25). The van der Waals surface area contributed by atoms with Gasteiger partial charge in [0.05, 0.1) is 11.2 Å². The van der Waals surface area contributed by atoms with E-state index in [0.717, 1.165) is 22.4 Å². The molecule has 0 aliphatic carbocycles. The lowest BCUT2D eigenvalue weighted by atomic mass is 9.77. The Bertz CT molecular complexity index is 730. The SMILES string of the molecule is Cc1cc(C=C(CNC(=O)OC(C)(C)C)B2OC(C)(C)C(C)(C)O2)cc(C)n1. The van der Waals surface area contributed by atoms with Crippen LogP contribution in [0.5, 0.6) is 0 Å². The molecule has 0 atom stereocenters. The van der Waals surface area contributed by atoms with E-state index in [1.165, 1.54) is 0 Å². The van der Waals surface area contributed by atoms with Crippen LogP contribution < -0.4 is 5.32 Å². The highest BCUT2D eigenvalue weighted by Crippen LogP contribution is 2.38. The number of aromatic nitrogens is 1. The zero-order chi connectivity index (χ0) is 21.3. The summed E-state index contributed by atoms with van der Waals surface area (Å²) >= 11 is 0. The molecule has 1 N–H and O–H groups in total. The molecule has 1 aromatic rings. The van der Waals surface area contributed by atoms with Gasteiger partial charge < -0.3 is 19.4 Å². The van der Waals surface area contributed by atoms with Gasteiger partial charge >= 0.3 is 13.2 Å². The summed E-state index contributed by atoms with van der Waals surface area (Å²) in [6.45, 7) is 17.7. The van der Waals surface area contributed by atoms with Gasteiger partial charge in [-0.25, -0.2) is 4.79 Å². The third-order valence-corrected chi connectivity index (χ3v) is 4.85. The Labute approximate surface area is 169 Å². The first-order valence-electron chi connectivity index (χ1n) is 9.67. The average Bonchev–Trinajstić information content (AvgIpc) is 2.68. The van der Waals surface area contributed by atoms with Gasteiger partial charge in [-0.2, -0.15) is 0 Å². The molecule has 6 nitrogen and oxygen atoms in total. The van der Waals surface area contributed by atoms with Crippen LogP contribution in [0.15, 0.2) is 17.6 Å². The van der Waals surface area contributed by atoms with E-state index in [0.29, 0.717) is 0 Å². The third-order valence-electron chi connectivity index (χ3n) is 4.85. The van der Waals surface area contributed by atoms with Gasteiger partial charge in [-0.05, 0) is 85.5 Å². The topological polar surface area (TPSA) is 69.7 Å². The first-order valence-corrected chi connectivity index (χ1v) is 9.67. The Balaban J connectivity index is 2.28. The number of carbonyl (C=O) groups is 1. The first kappa shape index (κ1) is 22.4. The zero-order valence-electron chi connectivity index (χ0n) is 18.6. The zero-order valence-corrected chi connectivity index (χ0v) is 18.6. The molecule has 1 aromatic heterocycles. The van der Waals surface area contributed by atoms with Crippen LogP contribution in [0.3, 0.4) is 0 Å². The maximum atomic E-state index is 12.1. The maximum Gasteiger partial charge on any atom is 0.492 e. The van der Waals surface area contributed by atoms with Gasteiger partial charge in [0.1, 0.15) is 5.60 Å². The molecule has 28 heavy (non-hydrogen) atoms. The second-order valence-electron chi connectivity index (χ2n) is 9.35. The van der Waals surface area contributed by atoms with Gasteiger partial charge in [0.15, 0.2) is 0 Å². The number of carbonyl (C=O) groups excluding carboxylic acids is 1. The molecule has 0 saturated carbocycles. The minimum absolute atomic E-state index is 0.256. The molecule has 0 unspecified atom stereocenters. The lowest BCUT2D eigenvalue weighted by Crippen LogP contribution is -2.41. The van der Waals surface area contributed by atoms with Crippen LogP contribution in [0.4, 0.5) is 4.79 Å². The minimum Gasteiger partial charge on any atom is -0.444 e. The van der Waals surface area contributed by atoms with Crippen molar-refractivity contribution in [1.29, 1.82) is 0 Å². The van der Waals surface area contributed by atoms with Gasteiger partial charge in [0.25, 0.3) is 0 Å². The Morgan fingerprint density at radius 1 is 1.14 bits per heavy atom. The lowest BCUT2D eigenvalue weighted by Gasteiger charge is -2.32. The molecule has 0 spiro atoms. The van der Waals surface area contributed by atoms with Crippen molar-refractivity contribution in [2.75, 3.05) is 6.54 Å². The van der Waals surface area contributed by atoms with Crippen molar-refractivity contribution in [2.45, 2.75) is 79.1 Å². The van der Waals surface area contributed by atoms with Gasteiger partial charge in [-0.1, -0.05) is 6.08 Å². The largest absolute Gasteiger partial charge is 0.492 e. The monoisotopic (exact) mass is 388 g/mol. The van der Waals surface area contributed by atoms with Crippen LogP contribution >= 0.6 is 0 Å². The fourth-order valence-corrected chi connectivity index (χ4v) is 2.85. The van der Waals surface area contributed by atoms with Crippen LogP contribution in [-0.2, 0) is 14.0 Å². The molecule has 7 heteroatoms. The summed E-state index contributed by atoms with van der Waals surface area (Å²) in [5.41, 5.74) is 2.17. The lowest BCUT2D eigenvalue weighted by molar-refractivity contribution is 0.00578. The molecular weight excluding hydrogens is 355 g/mol. The molecule has 2 rings (SSSR count). The third kappa shape index (κ3) is 5.82. The number of nitrogens with one attached hydrogen (secondary N) is 1. The molecule has 154 valence electrons. The van der Waals surface area contributed by atoms with Crippen molar-refractivity contribution in [1.82, 2.24) is 10.3 Å². The highest BCUT2D eigenvalue weighted by atomic mass is 16.7. The number of pyridine rings is 1. The van der Waals surface area contributed by atoms with Crippen LogP contribution in [-0.4, -0.2) is 41.5 Å². The molecular formula is C21H33BN2O4. The van der Waals surface area contributed by atoms with Crippen LogP contribution in [0.2, 0.25) is 0 Å². The molecule has 0 aromatic carbocycles. The summed E-state index contributed by atoms with van der Waals surface area (Å²) in [6, 6.07) is 3.98. The number of hydrogen-bond donors (Lipinski definition) is 1. The number of rotatable bonds is 4. The summed E-state index contributed by atoms with van der Waals surface area (Å²) in [7, 11) is -0.561. The fourth-order valence-electron chi connectivity index (χ4n) is 2.85. The number of ether oxygens (including phenoxy) is 1. The predicted octanol–water partition coefficient (Wildman–Crippen LogP) is 4.24. The quantitative estimate of drug-likeness (QED) is 0.782. The molecule has 0 bridgehead atoms. The highest BCUT2D eigenvalue weighted by molar-refractivity contribution is 6.56. The van der Waals surface area contributed by atoms with Crippen LogP contribution in [0.25, 0.3) is 6.08 Å². The van der Waals surface area contributed by atoms with E-state index in [2.05, 4.69) is 10.3 Å². The molecule has 1 amide bonds. The van der Waals surface area contributed by atoms with Crippen molar-refractivity contribution in [3.63, 3.8) is 0 Å². The average molecular weight is 388 g/mol. The second-order valence-corrected chi connectivity index (χ2v) is 9.35. The van der Waals surface area contributed by atoms with E-state index in [4.69, 9.17) is 14.0 Å².